The Morgan fingerprint density at radius 2 is 1.68 bits per heavy atom. The van der Waals surface area contributed by atoms with Crippen LogP contribution in [0.4, 0.5) is 0 Å². The molecule has 1 saturated heterocycles. The van der Waals surface area contributed by atoms with Gasteiger partial charge in [0.05, 0.1) is 29.2 Å². The molecule has 1 aromatic heterocycles. The Morgan fingerprint density at radius 3 is 2.29 bits per heavy atom. The summed E-state index contributed by atoms with van der Waals surface area (Å²) in [6.07, 6.45) is 1.41. The molecule has 3 aromatic rings. The quantitative estimate of drug-likeness (QED) is 0.584. The largest absolute Gasteiger partial charge is 0.378 e. The molecule has 4 rings (SSSR count). The van der Waals surface area contributed by atoms with Gasteiger partial charge in [-0.15, -0.1) is 0 Å². The molecule has 0 N–H and O–H groups in total. The Bertz CT molecular complexity index is 1240. The van der Waals surface area contributed by atoms with Crippen LogP contribution in [0.25, 0.3) is 10.9 Å². The van der Waals surface area contributed by atoms with Crippen LogP contribution < -0.4 is 0 Å². The summed E-state index contributed by atoms with van der Waals surface area (Å²) >= 11 is 6.18. The van der Waals surface area contributed by atoms with Crippen LogP contribution in [0.15, 0.2) is 53.6 Å². The number of fused-ring (bicyclic) bond motifs is 1. The average Bonchev–Trinajstić information content (AvgIpc) is 3.12. The summed E-state index contributed by atoms with van der Waals surface area (Å²) in [5.74, 6) is -0.229. The van der Waals surface area contributed by atoms with E-state index in [0.29, 0.717) is 47.8 Å². The van der Waals surface area contributed by atoms with Crippen molar-refractivity contribution in [3.8, 4) is 0 Å². The van der Waals surface area contributed by atoms with E-state index in [2.05, 4.69) is 20.8 Å². The number of aromatic nitrogens is 1. The molecule has 164 valence electrons. The Kier molecular flexibility index (Phi) is 5.62. The predicted octanol–water partition coefficient (Wildman–Crippen LogP) is 4.30. The SMILES string of the molecule is CC(C)(C)c1ccc(S(=O)(=O)n2cc(C(=O)N3CCOCC3)c3cc(Cl)ccc32)cc1. The fraction of sp³-hybridized carbons (Fsp3) is 0.348. The second-order valence-electron chi connectivity index (χ2n) is 8.68. The first-order valence-electron chi connectivity index (χ1n) is 10.1. The van der Waals surface area contributed by atoms with E-state index in [1.54, 1.807) is 35.2 Å². The van der Waals surface area contributed by atoms with Crippen molar-refractivity contribution in [2.24, 2.45) is 0 Å². The number of ether oxygens (including phenoxy) is 1. The fourth-order valence-electron chi connectivity index (χ4n) is 3.72. The average molecular weight is 461 g/mol. The topological polar surface area (TPSA) is 68.6 Å². The van der Waals surface area contributed by atoms with Gasteiger partial charge in [0.1, 0.15) is 0 Å². The Balaban J connectivity index is 1.83. The molecule has 0 atom stereocenters. The number of hydrogen-bond donors (Lipinski definition) is 0. The van der Waals surface area contributed by atoms with Gasteiger partial charge in [-0.25, -0.2) is 12.4 Å². The number of carbonyl (C=O) groups excluding carboxylic acids is 1. The molecule has 8 heteroatoms. The van der Waals surface area contributed by atoms with E-state index in [1.807, 2.05) is 12.1 Å². The Labute approximate surface area is 187 Å². The fourth-order valence-corrected chi connectivity index (χ4v) is 5.26. The summed E-state index contributed by atoms with van der Waals surface area (Å²) in [7, 11) is -3.91. The van der Waals surface area contributed by atoms with Crippen molar-refractivity contribution in [1.29, 1.82) is 0 Å². The molecule has 0 spiro atoms. The summed E-state index contributed by atoms with van der Waals surface area (Å²) in [4.78, 5) is 15.0. The first-order valence-corrected chi connectivity index (χ1v) is 11.9. The highest BCUT2D eigenvalue weighted by Gasteiger charge is 2.27. The highest BCUT2D eigenvalue weighted by molar-refractivity contribution is 7.90. The molecule has 1 aliphatic rings. The first-order chi connectivity index (χ1) is 14.6. The third kappa shape index (κ3) is 4.10. The number of hydrogen-bond acceptors (Lipinski definition) is 4. The molecule has 0 aliphatic carbocycles. The van der Waals surface area contributed by atoms with Crippen molar-refractivity contribution < 1.29 is 17.9 Å². The Hall–Kier alpha value is -2.35. The van der Waals surface area contributed by atoms with E-state index >= 15 is 0 Å². The number of halogens is 1. The lowest BCUT2D eigenvalue weighted by molar-refractivity contribution is 0.0304. The lowest BCUT2D eigenvalue weighted by atomic mass is 9.87. The highest BCUT2D eigenvalue weighted by Crippen LogP contribution is 2.30. The van der Waals surface area contributed by atoms with E-state index in [4.69, 9.17) is 16.3 Å². The summed E-state index contributed by atoms with van der Waals surface area (Å²) in [5.41, 5.74) is 1.69. The van der Waals surface area contributed by atoms with Crippen molar-refractivity contribution in [1.82, 2.24) is 8.87 Å². The minimum atomic E-state index is -3.91. The van der Waals surface area contributed by atoms with Gasteiger partial charge in [-0.1, -0.05) is 44.5 Å². The molecule has 0 saturated carbocycles. The van der Waals surface area contributed by atoms with Crippen LogP contribution in [0.2, 0.25) is 5.02 Å². The zero-order valence-electron chi connectivity index (χ0n) is 17.8. The molecular weight excluding hydrogens is 436 g/mol. The normalized spacial score (nSPS) is 15.4. The molecule has 2 heterocycles. The summed E-state index contributed by atoms with van der Waals surface area (Å²) < 4.78 is 33.5. The lowest BCUT2D eigenvalue weighted by Crippen LogP contribution is -2.40. The van der Waals surface area contributed by atoms with Gasteiger partial charge >= 0.3 is 0 Å². The lowest BCUT2D eigenvalue weighted by Gasteiger charge is -2.26. The number of nitrogens with zero attached hydrogens (tertiary/aromatic N) is 2. The second-order valence-corrected chi connectivity index (χ2v) is 10.9. The van der Waals surface area contributed by atoms with E-state index in [9.17, 15) is 13.2 Å². The number of carbonyl (C=O) groups is 1. The highest BCUT2D eigenvalue weighted by atomic mass is 35.5. The number of amides is 1. The van der Waals surface area contributed by atoms with Gasteiger partial charge < -0.3 is 9.64 Å². The molecule has 1 amide bonds. The maximum absolute atomic E-state index is 13.5. The van der Waals surface area contributed by atoms with E-state index in [0.717, 1.165) is 5.56 Å². The van der Waals surface area contributed by atoms with Gasteiger partial charge in [-0.3, -0.25) is 4.79 Å². The van der Waals surface area contributed by atoms with Crippen LogP contribution in [0, 0.1) is 0 Å². The zero-order valence-corrected chi connectivity index (χ0v) is 19.3. The van der Waals surface area contributed by atoms with Gasteiger partial charge in [0.2, 0.25) is 0 Å². The van der Waals surface area contributed by atoms with Crippen molar-refractivity contribution in [3.05, 3.63) is 64.8 Å². The van der Waals surface area contributed by atoms with Crippen LogP contribution in [0.1, 0.15) is 36.7 Å². The van der Waals surface area contributed by atoms with Crippen LogP contribution >= 0.6 is 11.6 Å². The van der Waals surface area contributed by atoms with Crippen LogP contribution in [-0.4, -0.2) is 49.5 Å². The maximum atomic E-state index is 13.5. The Morgan fingerprint density at radius 1 is 1.03 bits per heavy atom. The maximum Gasteiger partial charge on any atom is 0.268 e. The number of rotatable bonds is 3. The van der Waals surface area contributed by atoms with Crippen molar-refractivity contribution in [3.63, 3.8) is 0 Å². The van der Waals surface area contributed by atoms with Crippen molar-refractivity contribution in [2.45, 2.75) is 31.1 Å². The molecular formula is C23H25ClN2O4S. The summed E-state index contributed by atoms with van der Waals surface area (Å²) in [6.45, 7) is 8.07. The van der Waals surface area contributed by atoms with Gasteiger partial charge in [-0.2, -0.15) is 0 Å². The molecule has 0 radical (unpaired) electrons. The van der Waals surface area contributed by atoms with Gasteiger partial charge in [0.25, 0.3) is 15.9 Å². The smallest absolute Gasteiger partial charge is 0.268 e. The minimum Gasteiger partial charge on any atom is -0.378 e. The monoisotopic (exact) mass is 460 g/mol. The standard InChI is InChI=1S/C23H25ClN2O4S/c1-23(2,3)16-4-7-18(8-5-16)31(28,29)26-15-20(19-14-17(24)6-9-21(19)26)22(27)25-10-12-30-13-11-25/h4-9,14-15H,10-13H2,1-3H3. The van der Waals surface area contributed by atoms with Crippen LogP contribution in [0.5, 0.6) is 0 Å². The van der Waals surface area contributed by atoms with Crippen molar-refractivity contribution in [2.75, 3.05) is 26.3 Å². The molecule has 31 heavy (non-hydrogen) atoms. The second kappa shape index (κ2) is 7.97. The van der Waals surface area contributed by atoms with E-state index in [1.165, 1.54) is 10.2 Å². The van der Waals surface area contributed by atoms with Crippen molar-refractivity contribution >= 4 is 38.4 Å². The molecule has 2 aromatic carbocycles. The zero-order chi connectivity index (χ0) is 22.4. The minimum absolute atomic E-state index is 0.0864. The predicted molar refractivity (Wildman–Crippen MR) is 121 cm³/mol. The van der Waals surface area contributed by atoms with E-state index < -0.39 is 10.0 Å². The molecule has 1 aliphatic heterocycles. The molecule has 6 nitrogen and oxygen atoms in total. The summed E-state index contributed by atoms with van der Waals surface area (Å²) in [5, 5.41) is 0.951. The number of benzene rings is 2. The van der Waals surface area contributed by atoms with Crippen LogP contribution in [0.3, 0.4) is 0 Å². The summed E-state index contributed by atoms with van der Waals surface area (Å²) in [6, 6.07) is 11.8. The van der Waals surface area contributed by atoms with Crippen LogP contribution in [-0.2, 0) is 20.2 Å². The van der Waals surface area contributed by atoms with Gasteiger partial charge in [0.15, 0.2) is 0 Å². The first kappa shape index (κ1) is 21.9. The third-order valence-electron chi connectivity index (χ3n) is 5.54. The number of morpholine rings is 1. The van der Waals surface area contributed by atoms with E-state index in [-0.39, 0.29) is 16.2 Å². The molecule has 0 bridgehead atoms. The molecule has 0 unspecified atom stereocenters. The molecule has 1 fully saturated rings. The third-order valence-corrected chi connectivity index (χ3v) is 7.46. The van der Waals surface area contributed by atoms with Gasteiger partial charge in [0, 0.05) is 29.7 Å². The van der Waals surface area contributed by atoms with Gasteiger partial charge in [-0.05, 0) is 41.3 Å².